The molecule has 0 atom stereocenters. The number of nitrogens with one attached hydrogen (secondary N) is 1. The van der Waals surface area contributed by atoms with Crippen molar-refractivity contribution in [1.82, 2.24) is 0 Å². The molecule has 0 aliphatic heterocycles. The number of nitrogens with two attached hydrogens (primary N) is 1. The van der Waals surface area contributed by atoms with Gasteiger partial charge in [-0.2, -0.15) is 0 Å². The van der Waals surface area contributed by atoms with Crippen LogP contribution in [0.25, 0.3) is 0 Å². The zero-order valence-corrected chi connectivity index (χ0v) is 14.8. The van der Waals surface area contributed by atoms with Crippen LogP contribution in [0.2, 0.25) is 5.02 Å². The topological polar surface area (TPSA) is 53.6 Å². The van der Waals surface area contributed by atoms with Crippen LogP contribution in [0.5, 0.6) is 0 Å². The van der Waals surface area contributed by atoms with E-state index in [1.807, 2.05) is 18.2 Å². The van der Waals surface area contributed by atoms with Crippen molar-refractivity contribution in [1.29, 1.82) is 0 Å². The first-order chi connectivity index (χ1) is 10.5. The number of rotatable bonds is 4. The van der Waals surface area contributed by atoms with Crippen molar-refractivity contribution in [3.05, 3.63) is 56.9 Å². The minimum atomic E-state index is -0.299. The molecular weight excluding hydrogens is 418 g/mol. The number of halogens is 3. The Morgan fingerprint density at radius 3 is 2.82 bits per heavy atom. The first kappa shape index (κ1) is 16.8. The van der Waals surface area contributed by atoms with Gasteiger partial charge < -0.3 is 16.0 Å². The zero-order valence-electron chi connectivity index (χ0n) is 11.9. The van der Waals surface area contributed by atoms with Crippen LogP contribution in [0.4, 0.5) is 15.8 Å². The van der Waals surface area contributed by atoms with Crippen molar-refractivity contribution in [3.8, 4) is 0 Å². The molecular formula is C15H15ClFIN4. The second kappa shape index (κ2) is 7.64. The molecule has 4 nitrogen and oxygen atoms in total. The molecule has 2 aromatic rings. The molecule has 22 heavy (non-hydrogen) atoms. The van der Waals surface area contributed by atoms with E-state index in [2.05, 4.69) is 32.9 Å². The minimum Gasteiger partial charge on any atom is -0.369 e. The van der Waals surface area contributed by atoms with Crippen molar-refractivity contribution in [2.45, 2.75) is 0 Å². The molecule has 0 fully saturated rings. The molecule has 0 unspecified atom stereocenters. The lowest BCUT2D eigenvalue weighted by Gasteiger charge is -2.19. The summed E-state index contributed by atoms with van der Waals surface area (Å²) in [4.78, 5) is 5.95. The molecule has 2 rings (SSSR count). The Balaban J connectivity index is 2.00. The van der Waals surface area contributed by atoms with Gasteiger partial charge >= 0.3 is 0 Å². The fourth-order valence-corrected chi connectivity index (χ4v) is 2.25. The first-order valence-corrected chi connectivity index (χ1v) is 7.91. The number of nitrogens with zero attached hydrogens (tertiary/aromatic N) is 2. The molecule has 0 saturated heterocycles. The van der Waals surface area contributed by atoms with Crippen LogP contribution in [-0.4, -0.2) is 19.7 Å². The minimum absolute atomic E-state index is 0.248. The van der Waals surface area contributed by atoms with E-state index in [1.165, 1.54) is 12.1 Å². The van der Waals surface area contributed by atoms with Gasteiger partial charge in [0, 0.05) is 22.0 Å². The highest BCUT2D eigenvalue weighted by molar-refractivity contribution is 14.1. The quantitative estimate of drug-likeness (QED) is 0.438. The molecule has 0 aliphatic rings. The molecule has 2 aromatic carbocycles. The first-order valence-electron chi connectivity index (χ1n) is 6.45. The zero-order chi connectivity index (χ0) is 16.1. The van der Waals surface area contributed by atoms with Gasteiger partial charge in [0.25, 0.3) is 0 Å². The summed E-state index contributed by atoms with van der Waals surface area (Å²) in [6.07, 6.45) is 0. The van der Waals surface area contributed by atoms with E-state index in [9.17, 15) is 4.39 Å². The standard InChI is InChI=1S/C15H15ClFIN4/c1-22(12-5-6-14(18)13(16)8-12)15(19)21-9-20-11-4-2-3-10(17)7-11/h2-8,20H,9H2,1H3,(H2,19,21). The van der Waals surface area contributed by atoms with Crippen LogP contribution >= 0.6 is 34.2 Å². The van der Waals surface area contributed by atoms with Crippen LogP contribution in [0, 0.1) is 9.39 Å². The van der Waals surface area contributed by atoms with Gasteiger partial charge in [-0.25, -0.2) is 9.38 Å². The maximum atomic E-state index is 13.1. The Labute approximate surface area is 147 Å². The normalized spacial score (nSPS) is 11.4. The van der Waals surface area contributed by atoms with Gasteiger partial charge in [0.05, 0.1) is 5.02 Å². The van der Waals surface area contributed by atoms with E-state index in [0.717, 1.165) is 9.26 Å². The monoisotopic (exact) mass is 432 g/mol. The summed E-state index contributed by atoms with van der Waals surface area (Å²) in [5.74, 6) is 0.0359. The van der Waals surface area contributed by atoms with Gasteiger partial charge in [0.1, 0.15) is 12.5 Å². The van der Waals surface area contributed by atoms with E-state index in [-0.39, 0.29) is 12.5 Å². The van der Waals surface area contributed by atoms with Gasteiger partial charge in [0.2, 0.25) is 0 Å². The van der Waals surface area contributed by atoms with Gasteiger partial charge in [-0.05, 0) is 59.0 Å². The van der Waals surface area contributed by atoms with Crippen molar-refractivity contribution in [2.75, 3.05) is 23.9 Å². The summed E-state index contributed by atoms with van der Waals surface area (Å²) in [5, 5.41) is 3.64. The lowest BCUT2D eigenvalue weighted by Crippen LogP contribution is -2.34. The van der Waals surface area contributed by atoms with Gasteiger partial charge in [-0.1, -0.05) is 17.7 Å². The Kier molecular flexibility index (Phi) is 5.84. The highest BCUT2D eigenvalue weighted by Crippen LogP contribution is 2.24. The number of benzene rings is 2. The fraction of sp³-hybridized carbons (Fsp3) is 0.133. The number of hydrogen-bond donors (Lipinski definition) is 2. The number of aliphatic imine (C=N–C) groups is 1. The third kappa shape index (κ3) is 4.48. The Morgan fingerprint density at radius 2 is 2.14 bits per heavy atom. The molecule has 0 spiro atoms. The lowest BCUT2D eigenvalue weighted by molar-refractivity contribution is 0.628. The number of hydrogen-bond acceptors (Lipinski definition) is 2. The predicted molar refractivity (Wildman–Crippen MR) is 99.1 cm³/mol. The highest BCUT2D eigenvalue weighted by Gasteiger charge is 2.07. The average Bonchev–Trinajstić information content (AvgIpc) is 2.49. The Bertz CT molecular complexity index is 693. The second-order valence-corrected chi connectivity index (χ2v) is 6.09. The van der Waals surface area contributed by atoms with Crippen molar-refractivity contribution < 1.29 is 4.39 Å². The van der Waals surface area contributed by atoms with Crippen molar-refractivity contribution in [3.63, 3.8) is 0 Å². The second-order valence-electron chi connectivity index (χ2n) is 4.52. The summed E-state index contributed by atoms with van der Waals surface area (Å²) in [6.45, 7) is 0.248. The molecule has 3 N–H and O–H groups in total. The predicted octanol–water partition coefficient (Wildman–Crippen LogP) is 3.90. The van der Waals surface area contributed by atoms with E-state index < -0.39 is 0 Å². The van der Waals surface area contributed by atoms with Crippen LogP contribution in [-0.2, 0) is 0 Å². The van der Waals surface area contributed by atoms with E-state index in [4.69, 9.17) is 17.3 Å². The Morgan fingerprint density at radius 1 is 1.36 bits per heavy atom. The molecule has 0 amide bonds. The van der Waals surface area contributed by atoms with Gasteiger partial charge in [0.15, 0.2) is 5.96 Å². The fourth-order valence-electron chi connectivity index (χ4n) is 1.74. The van der Waals surface area contributed by atoms with Crippen LogP contribution in [0.15, 0.2) is 47.5 Å². The van der Waals surface area contributed by atoms with E-state index in [1.54, 1.807) is 24.1 Å². The molecule has 0 bridgehead atoms. The van der Waals surface area contributed by atoms with Crippen LogP contribution in [0.1, 0.15) is 0 Å². The molecule has 0 saturated carbocycles. The maximum Gasteiger partial charge on any atom is 0.197 e. The van der Waals surface area contributed by atoms with Crippen molar-refractivity contribution >= 4 is 51.5 Å². The van der Waals surface area contributed by atoms with Crippen LogP contribution < -0.4 is 16.0 Å². The summed E-state index contributed by atoms with van der Waals surface area (Å²) >= 11 is 8.26. The van der Waals surface area contributed by atoms with Gasteiger partial charge in [-0.3, -0.25) is 0 Å². The summed E-state index contributed by atoms with van der Waals surface area (Å²) < 4.78 is 14.0. The van der Waals surface area contributed by atoms with E-state index >= 15 is 0 Å². The molecule has 0 heterocycles. The van der Waals surface area contributed by atoms with Crippen LogP contribution in [0.3, 0.4) is 0 Å². The summed E-state index contributed by atoms with van der Waals surface area (Å²) in [5.41, 5.74) is 7.44. The van der Waals surface area contributed by atoms with Crippen molar-refractivity contribution in [2.24, 2.45) is 10.7 Å². The maximum absolute atomic E-state index is 13.1. The SMILES string of the molecule is CN(C(N)=NCNc1cccc(F)c1)c1ccc(I)c(Cl)c1. The average molecular weight is 433 g/mol. The molecule has 0 aromatic heterocycles. The molecule has 0 aliphatic carbocycles. The third-order valence-corrected chi connectivity index (χ3v) is 4.56. The third-order valence-electron chi connectivity index (χ3n) is 2.98. The highest BCUT2D eigenvalue weighted by atomic mass is 127. The van der Waals surface area contributed by atoms with E-state index in [0.29, 0.717) is 16.7 Å². The molecule has 0 radical (unpaired) electrons. The lowest BCUT2D eigenvalue weighted by atomic mass is 10.3. The summed E-state index contributed by atoms with van der Waals surface area (Å²) in [6, 6.07) is 11.8. The molecule has 7 heteroatoms. The smallest absolute Gasteiger partial charge is 0.197 e. The summed E-state index contributed by atoms with van der Waals surface area (Å²) in [7, 11) is 1.81. The number of anilines is 2. The largest absolute Gasteiger partial charge is 0.369 e. The number of guanidine groups is 1. The molecule has 116 valence electrons. The van der Waals surface area contributed by atoms with Gasteiger partial charge in [-0.15, -0.1) is 0 Å². The Hall–Kier alpha value is -1.54.